The third-order valence-electron chi connectivity index (χ3n) is 3.13. The molecule has 102 valence electrons. The lowest BCUT2D eigenvalue weighted by Crippen LogP contribution is -2.22. The first-order chi connectivity index (χ1) is 8.71. The molecular formula is C16H27NO. The summed E-state index contributed by atoms with van der Waals surface area (Å²) in [6.45, 7) is 7.25. The number of ether oxygens (including phenoxy) is 1. The van der Waals surface area contributed by atoms with Gasteiger partial charge in [-0.1, -0.05) is 39.3 Å². The molecule has 1 aromatic carbocycles. The third kappa shape index (κ3) is 4.69. The molecule has 0 aromatic heterocycles. The van der Waals surface area contributed by atoms with Gasteiger partial charge in [0.1, 0.15) is 5.75 Å². The summed E-state index contributed by atoms with van der Waals surface area (Å²) in [6.07, 6.45) is 5.26. The first-order valence-electron chi connectivity index (χ1n) is 7.21. The fraction of sp³-hybridized carbons (Fsp3) is 0.625. The van der Waals surface area contributed by atoms with E-state index in [1.54, 1.807) is 0 Å². The predicted octanol–water partition coefficient (Wildman–Crippen LogP) is 3.71. The Morgan fingerprint density at radius 2 is 1.94 bits per heavy atom. The first kappa shape index (κ1) is 15.0. The van der Waals surface area contributed by atoms with E-state index < -0.39 is 0 Å². The molecule has 2 nitrogen and oxygen atoms in total. The van der Waals surface area contributed by atoms with Gasteiger partial charge in [-0.05, 0) is 42.9 Å². The van der Waals surface area contributed by atoms with Crippen molar-refractivity contribution in [2.24, 2.45) is 5.73 Å². The van der Waals surface area contributed by atoms with E-state index in [1.165, 1.54) is 17.5 Å². The molecule has 2 N–H and O–H groups in total. The molecule has 0 amide bonds. The zero-order valence-corrected chi connectivity index (χ0v) is 12.0. The van der Waals surface area contributed by atoms with Gasteiger partial charge in [-0.15, -0.1) is 0 Å². The lowest BCUT2D eigenvalue weighted by Gasteiger charge is -2.15. The van der Waals surface area contributed by atoms with Gasteiger partial charge in [0.15, 0.2) is 0 Å². The predicted molar refractivity (Wildman–Crippen MR) is 78.2 cm³/mol. The van der Waals surface area contributed by atoms with E-state index >= 15 is 0 Å². The largest absolute Gasteiger partial charge is 0.493 e. The lowest BCUT2D eigenvalue weighted by molar-refractivity contribution is 0.313. The summed E-state index contributed by atoms with van der Waals surface area (Å²) >= 11 is 0. The average Bonchev–Trinajstić information content (AvgIpc) is 2.38. The van der Waals surface area contributed by atoms with Crippen LogP contribution in [0.5, 0.6) is 5.75 Å². The van der Waals surface area contributed by atoms with E-state index in [1.807, 2.05) is 0 Å². The quantitative estimate of drug-likeness (QED) is 0.762. The fourth-order valence-corrected chi connectivity index (χ4v) is 2.02. The van der Waals surface area contributed by atoms with Gasteiger partial charge in [0.2, 0.25) is 0 Å². The second kappa shape index (κ2) is 8.15. The molecule has 1 rings (SSSR count). The van der Waals surface area contributed by atoms with Gasteiger partial charge in [-0.3, -0.25) is 0 Å². The van der Waals surface area contributed by atoms with E-state index in [-0.39, 0.29) is 6.04 Å². The highest BCUT2D eigenvalue weighted by Crippen LogP contribution is 2.23. The summed E-state index contributed by atoms with van der Waals surface area (Å²) in [4.78, 5) is 0. The molecule has 0 saturated heterocycles. The van der Waals surface area contributed by atoms with E-state index in [2.05, 4.69) is 39.0 Å². The smallest absolute Gasteiger partial charge is 0.122 e. The minimum absolute atomic E-state index is 0.228. The van der Waals surface area contributed by atoms with E-state index in [9.17, 15) is 0 Å². The summed E-state index contributed by atoms with van der Waals surface area (Å²) in [5, 5.41) is 0. The molecule has 0 bridgehead atoms. The Morgan fingerprint density at radius 3 is 2.56 bits per heavy atom. The Balaban J connectivity index is 2.86. The van der Waals surface area contributed by atoms with Crippen molar-refractivity contribution >= 4 is 0 Å². The number of aryl methyl sites for hydroxylation is 1. The first-order valence-corrected chi connectivity index (χ1v) is 7.21. The molecule has 0 aliphatic rings. The molecule has 1 unspecified atom stereocenters. The number of hydrogen-bond acceptors (Lipinski definition) is 2. The van der Waals surface area contributed by atoms with Crippen LogP contribution in [0.25, 0.3) is 0 Å². The van der Waals surface area contributed by atoms with Crippen LogP contribution in [-0.4, -0.2) is 12.6 Å². The second-order valence-corrected chi connectivity index (χ2v) is 4.91. The highest BCUT2D eigenvalue weighted by atomic mass is 16.5. The van der Waals surface area contributed by atoms with Crippen LogP contribution in [0, 0.1) is 0 Å². The third-order valence-corrected chi connectivity index (χ3v) is 3.13. The number of nitrogens with two attached hydrogens (primary N) is 1. The van der Waals surface area contributed by atoms with Crippen LogP contribution in [0.3, 0.4) is 0 Å². The van der Waals surface area contributed by atoms with Gasteiger partial charge < -0.3 is 10.5 Å². The molecule has 0 aliphatic heterocycles. The van der Waals surface area contributed by atoms with E-state index in [0.29, 0.717) is 0 Å². The summed E-state index contributed by atoms with van der Waals surface area (Å²) < 4.78 is 5.81. The van der Waals surface area contributed by atoms with Gasteiger partial charge in [-0.25, -0.2) is 0 Å². The van der Waals surface area contributed by atoms with Crippen molar-refractivity contribution in [3.05, 3.63) is 29.3 Å². The normalized spacial score (nSPS) is 12.4. The second-order valence-electron chi connectivity index (χ2n) is 4.91. The van der Waals surface area contributed by atoms with Crippen molar-refractivity contribution < 1.29 is 4.74 Å². The standard InChI is InChI=1S/C16H27NO/c1-4-7-13-8-9-16(18-10-5-2)14(11-13)12-15(17)6-3/h8-9,11,15H,4-7,10,12,17H2,1-3H3. The summed E-state index contributed by atoms with van der Waals surface area (Å²) in [6, 6.07) is 6.78. The molecular weight excluding hydrogens is 222 g/mol. The Morgan fingerprint density at radius 1 is 1.17 bits per heavy atom. The summed E-state index contributed by atoms with van der Waals surface area (Å²) in [5.41, 5.74) is 8.73. The van der Waals surface area contributed by atoms with E-state index in [0.717, 1.165) is 38.0 Å². The topological polar surface area (TPSA) is 35.2 Å². The maximum atomic E-state index is 6.07. The zero-order chi connectivity index (χ0) is 13.4. The minimum atomic E-state index is 0.228. The molecule has 0 aliphatic carbocycles. The highest BCUT2D eigenvalue weighted by molar-refractivity contribution is 5.38. The van der Waals surface area contributed by atoms with Crippen LogP contribution in [-0.2, 0) is 12.8 Å². The van der Waals surface area contributed by atoms with Crippen LogP contribution < -0.4 is 10.5 Å². The number of rotatable bonds is 8. The van der Waals surface area contributed by atoms with Crippen molar-refractivity contribution in [2.75, 3.05) is 6.61 Å². The van der Waals surface area contributed by atoms with Crippen LogP contribution in [0.4, 0.5) is 0 Å². The Labute approximate surface area is 112 Å². The SMILES string of the molecule is CCCOc1ccc(CCC)cc1CC(N)CC. The van der Waals surface area contributed by atoms with Gasteiger partial charge in [0, 0.05) is 6.04 Å². The fourth-order valence-electron chi connectivity index (χ4n) is 2.02. The maximum absolute atomic E-state index is 6.07. The van der Waals surface area contributed by atoms with Crippen molar-refractivity contribution in [1.82, 2.24) is 0 Å². The Hall–Kier alpha value is -1.02. The minimum Gasteiger partial charge on any atom is -0.493 e. The highest BCUT2D eigenvalue weighted by Gasteiger charge is 2.09. The molecule has 0 fully saturated rings. The average molecular weight is 249 g/mol. The molecule has 18 heavy (non-hydrogen) atoms. The van der Waals surface area contributed by atoms with Crippen molar-refractivity contribution in [3.8, 4) is 5.75 Å². The molecule has 0 saturated carbocycles. The van der Waals surface area contributed by atoms with Crippen molar-refractivity contribution in [2.45, 2.75) is 58.9 Å². The monoisotopic (exact) mass is 249 g/mol. The van der Waals surface area contributed by atoms with Crippen molar-refractivity contribution in [1.29, 1.82) is 0 Å². The molecule has 0 spiro atoms. The summed E-state index contributed by atoms with van der Waals surface area (Å²) in [5.74, 6) is 1.01. The Kier molecular flexibility index (Phi) is 6.81. The molecule has 0 radical (unpaired) electrons. The van der Waals surface area contributed by atoms with Crippen molar-refractivity contribution in [3.63, 3.8) is 0 Å². The zero-order valence-electron chi connectivity index (χ0n) is 12.0. The number of benzene rings is 1. The van der Waals surface area contributed by atoms with Gasteiger partial charge in [0.25, 0.3) is 0 Å². The Bertz CT molecular complexity index is 349. The van der Waals surface area contributed by atoms with E-state index in [4.69, 9.17) is 10.5 Å². The molecule has 0 heterocycles. The van der Waals surface area contributed by atoms with Gasteiger partial charge >= 0.3 is 0 Å². The summed E-state index contributed by atoms with van der Waals surface area (Å²) in [7, 11) is 0. The van der Waals surface area contributed by atoms with Crippen LogP contribution >= 0.6 is 0 Å². The van der Waals surface area contributed by atoms with Crippen LogP contribution in [0.15, 0.2) is 18.2 Å². The van der Waals surface area contributed by atoms with Gasteiger partial charge in [-0.2, -0.15) is 0 Å². The van der Waals surface area contributed by atoms with Crippen LogP contribution in [0.1, 0.15) is 51.2 Å². The number of hydrogen-bond donors (Lipinski definition) is 1. The van der Waals surface area contributed by atoms with Crippen LogP contribution in [0.2, 0.25) is 0 Å². The lowest BCUT2D eigenvalue weighted by atomic mass is 9.99. The molecule has 2 heteroatoms. The maximum Gasteiger partial charge on any atom is 0.122 e. The molecule has 1 atom stereocenters. The van der Waals surface area contributed by atoms with Gasteiger partial charge in [0.05, 0.1) is 6.61 Å². The molecule has 1 aromatic rings.